The molecule has 2 aliphatic heterocycles. The molecule has 1 saturated heterocycles. The van der Waals surface area contributed by atoms with Gasteiger partial charge in [-0.05, 0) is 74.9 Å². The van der Waals surface area contributed by atoms with E-state index in [1.54, 1.807) is 12.3 Å². The first-order valence-electron chi connectivity index (χ1n) is 13.8. The molecule has 0 aliphatic carbocycles. The molecule has 2 aliphatic rings. The van der Waals surface area contributed by atoms with E-state index in [0.717, 1.165) is 36.6 Å². The molecular weight excluding hydrogens is 518 g/mol. The molecule has 1 fully saturated rings. The number of amides is 1. The second-order valence-corrected chi connectivity index (χ2v) is 13.4. The Labute approximate surface area is 241 Å². The van der Waals surface area contributed by atoms with Crippen LogP contribution in [-0.4, -0.2) is 32.9 Å². The molecule has 4 bridgehead atoms. The fraction of sp³-hybridized carbons (Fsp3) is 0.452. The van der Waals surface area contributed by atoms with E-state index in [1.807, 2.05) is 36.4 Å². The fourth-order valence-corrected chi connectivity index (χ4v) is 6.31. The molecule has 1 unspecified atom stereocenters. The second kappa shape index (κ2) is 10.7. The van der Waals surface area contributed by atoms with Crippen LogP contribution < -0.4 is 14.9 Å². The van der Waals surface area contributed by atoms with Crippen LogP contribution in [0.5, 0.6) is 0 Å². The van der Waals surface area contributed by atoms with Crippen LogP contribution in [0.3, 0.4) is 0 Å². The summed E-state index contributed by atoms with van der Waals surface area (Å²) in [6.45, 7) is 14.0. The molecular formula is C31H37N7OS. The number of hydrogen-bond donors (Lipinski definition) is 2. The van der Waals surface area contributed by atoms with E-state index >= 15 is 0 Å². The molecule has 0 aromatic carbocycles. The van der Waals surface area contributed by atoms with Gasteiger partial charge in [0.2, 0.25) is 0 Å². The summed E-state index contributed by atoms with van der Waals surface area (Å²) >= 11 is 1.19. The number of hydrogen-bond acceptors (Lipinski definition) is 8. The Morgan fingerprint density at radius 3 is 2.70 bits per heavy atom. The molecule has 8 nitrogen and oxygen atoms in total. The van der Waals surface area contributed by atoms with Gasteiger partial charge in [0, 0.05) is 41.3 Å². The SMILES string of the molecule is C[C@H]1CC(c2cc(C#N)ccn2)Nc2cccc(n2)SNC(=O)c2ccc(C(C)(C)C)nc2N2C[C@@H]1CC2(C)C. The van der Waals surface area contributed by atoms with E-state index in [9.17, 15) is 10.1 Å². The molecule has 5 rings (SSSR count). The van der Waals surface area contributed by atoms with Gasteiger partial charge in [0.15, 0.2) is 0 Å². The minimum absolute atomic E-state index is 0.133. The number of rotatable bonds is 1. The molecule has 9 heteroatoms. The van der Waals surface area contributed by atoms with Crippen LogP contribution in [0.15, 0.2) is 53.7 Å². The van der Waals surface area contributed by atoms with Gasteiger partial charge in [0.1, 0.15) is 16.7 Å². The molecule has 0 radical (unpaired) electrons. The van der Waals surface area contributed by atoms with E-state index in [0.29, 0.717) is 33.8 Å². The average Bonchev–Trinajstić information content (AvgIpc) is 3.25. The summed E-state index contributed by atoms with van der Waals surface area (Å²) in [5.74, 6) is 1.93. The van der Waals surface area contributed by atoms with E-state index in [2.05, 4.69) is 67.5 Å². The van der Waals surface area contributed by atoms with Crippen molar-refractivity contribution in [1.82, 2.24) is 19.7 Å². The highest BCUT2D eigenvalue weighted by Gasteiger charge is 2.43. The molecule has 40 heavy (non-hydrogen) atoms. The quantitative estimate of drug-likeness (QED) is 0.338. The Bertz CT molecular complexity index is 1460. The minimum atomic E-state index is -0.189. The van der Waals surface area contributed by atoms with E-state index < -0.39 is 0 Å². The van der Waals surface area contributed by atoms with Gasteiger partial charge in [-0.2, -0.15) is 5.26 Å². The summed E-state index contributed by atoms with van der Waals surface area (Å²) in [5.41, 5.74) is 2.60. The van der Waals surface area contributed by atoms with Gasteiger partial charge in [-0.25, -0.2) is 9.97 Å². The monoisotopic (exact) mass is 555 g/mol. The van der Waals surface area contributed by atoms with Crippen LogP contribution in [0, 0.1) is 23.2 Å². The third kappa shape index (κ3) is 5.78. The molecule has 5 heterocycles. The van der Waals surface area contributed by atoms with Crippen LogP contribution in [-0.2, 0) is 5.41 Å². The van der Waals surface area contributed by atoms with Crippen molar-refractivity contribution >= 4 is 29.5 Å². The highest BCUT2D eigenvalue weighted by molar-refractivity contribution is 7.97. The third-order valence-corrected chi connectivity index (χ3v) is 8.75. The van der Waals surface area contributed by atoms with Crippen molar-refractivity contribution in [3.8, 4) is 6.07 Å². The fourth-order valence-electron chi connectivity index (χ4n) is 5.71. The average molecular weight is 556 g/mol. The van der Waals surface area contributed by atoms with Gasteiger partial charge in [0.25, 0.3) is 5.91 Å². The predicted molar refractivity (Wildman–Crippen MR) is 159 cm³/mol. The van der Waals surface area contributed by atoms with Gasteiger partial charge >= 0.3 is 0 Å². The molecule has 3 atom stereocenters. The number of nitriles is 1. The number of nitrogens with zero attached hydrogens (tertiary/aromatic N) is 5. The Kier molecular flexibility index (Phi) is 7.49. The van der Waals surface area contributed by atoms with Crippen molar-refractivity contribution in [1.29, 1.82) is 5.26 Å². The first-order chi connectivity index (χ1) is 18.9. The lowest BCUT2D eigenvalue weighted by Crippen LogP contribution is -2.40. The van der Waals surface area contributed by atoms with Crippen LogP contribution >= 0.6 is 11.9 Å². The molecule has 3 aromatic heterocycles. The Morgan fingerprint density at radius 1 is 1.15 bits per heavy atom. The molecule has 208 valence electrons. The third-order valence-electron chi connectivity index (χ3n) is 8.03. The zero-order valence-corrected chi connectivity index (χ0v) is 24.8. The predicted octanol–water partition coefficient (Wildman–Crippen LogP) is 6.28. The lowest BCUT2D eigenvalue weighted by molar-refractivity contribution is 0.0984. The number of pyridine rings is 3. The van der Waals surface area contributed by atoms with Gasteiger partial charge in [0.05, 0.1) is 28.9 Å². The van der Waals surface area contributed by atoms with Crippen molar-refractivity contribution in [3.05, 3.63) is 71.2 Å². The van der Waals surface area contributed by atoms with Crippen molar-refractivity contribution in [2.75, 3.05) is 16.8 Å². The van der Waals surface area contributed by atoms with E-state index in [-0.39, 0.29) is 22.9 Å². The smallest absolute Gasteiger partial charge is 0.265 e. The Hall–Kier alpha value is -3.64. The number of nitrogens with one attached hydrogen (secondary N) is 2. The molecule has 1 amide bonds. The highest BCUT2D eigenvalue weighted by atomic mass is 32.2. The first kappa shape index (κ1) is 27.9. The lowest BCUT2D eigenvalue weighted by atomic mass is 9.83. The summed E-state index contributed by atoms with van der Waals surface area (Å²) in [4.78, 5) is 30.4. The maximum absolute atomic E-state index is 13.6. The number of carbonyl (C=O) groups excluding carboxylic acids is 1. The van der Waals surface area contributed by atoms with Crippen molar-refractivity contribution in [3.63, 3.8) is 0 Å². The number of fused-ring (bicyclic) bond motifs is 6. The maximum atomic E-state index is 13.6. The molecule has 0 spiro atoms. The topological polar surface area (TPSA) is 107 Å². The van der Waals surface area contributed by atoms with Crippen molar-refractivity contribution < 1.29 is 4.79 Å². The molecule has 0 saturated carbocycles. The van der Waals surface area contributed by atoms with Crippen LogP contribution in [0.1, 0.15) is 87.7 Å². The van der Waals surface area contributed by atoms with Gasteiger partial charge in [-0.3, -0.25) is 14.5 Å². The van der Waals surface area contributed by atoms with Crippen molar-refractivity contribution in [2.45, 2.75) is 76.4 Å². The minimum Gasteiger partial charge on any atom is -0.362 e. The van der Waals surface area contributed by atoms with Gasteiger partial charge in [-0.1, -0.05) is 33.8 Å². The van der Waals surface area contributed by atoms with E-state index in [1.165, 1.54) is 11.9 Å². The zero-order valence-electron chi connectivity index (χ0n) is 24.0. The molecule has 3 aromatic rings. The summed E-state index contributed by atoms with van der Waals surface area (Å²) in [6, 6.07) is 15.3. The summed E-state index contributed by atoms with van der Waals surface area (Å²) in [6.07, 6.45) is 3.48. The summed E-state index contributed by atoms with van der Waals surface area (Å²) in [5, 5.41) is 13.8. The zero-order chi connectivity index (χ0) is 28.7. The van der Waals surface area contributed by atoms with Gasteiger partial charge in [-0.15, -0.1) is 0 Å². The second-order valence-electron chi connectivity index (χ2n) is 12.6. The van der Waals surface area contributed by atoms with E-state index in [4.69, 9.17) is 9.97 Å². The van der Waals surface area contributed by atoms with Crippen LogP contribution in [0.25, 0.3) is 0 Å². The van der Waals surface area contributed by atoms with Crippen molar-refractivity contribution in [2.24, 2.45) is 11.8 Å². The number of anilines is 2. The highest BCUT2D eigenvalue weighted by Crippen LogP contribution is 2.43. The summed E-state index contributed by atoms with van der Waals surface area (Å²) < 4.78 is 3.00. The summed E-state index contributed by atoms with van der Waals surface area (Å²) in [7, 11) is 0. The number of aromatic nitrogens is 3. The standard InChI is InChI=1S/C31H37N7OS/c1-19-14-24(23-15-20(17-32)12-13-33-23)34-26-8-7-9-27(36-26)40-37-29(39)22-10-11-25(30(2,3)4)35-28(22)38-18-21(19)16-31(38,5)6/h7-13,15,19,21,24H,14,16,18H2,1-6H3,(H,34,36)(H,37,39)/t19-,21-,24?/m0/s1. The Balaban J connectivity index is 1.59. The largest absolute Gasteiger partial charge is 0.362 e. The molecule has 2 N–H and O–H groups in total. The van der Waals surface area contributed by atoms with Crippen LogP contribution in [0.2, 0.25) is 0 Å². The van der Waals surface area contributed by atoms with Gasteiger partial charge < -0.3 is 10.2 Å². The van der Waals surface area contributed by atoms with Crippen LogP contribution in [0.4, 0.5) is 11.6 Å². The first-order valence-corrected chi connectivity index (χ1v) is 14.6. The Morgan fingerprint density at radius 2 is 1.95 bits per heavy atom. The number of carbonyl (C=O) groups is 1. The normalized spacial score (nSPS) is 22.7. The maximum Gasteiger partial charge on any atom is 0.265 e. The lowest BCUT2D eigenvalue weighted by Gasteiger charge is -2.34.